The van der Waals surface area contributed by atoms with Crippen molar-refractivity contribution in [3.63, 3.8) is 0 Å². The van der Waals surface area contributed by atoms with Crippen molar-refractivity contribution in [2.45, 2.75) is 12.5 Å². The van der Waals surface area contributed by atoms with Gasteiger partial charge in [0.05, 0.1) is 25.7 Å². The van der Waals surface area contributed by atoms with Gasteiger partial charge in [-0.05, 0) is 23.8 Å². The molecule has 16 heavy (non-hydrogen) atoms. The highest BCUT2D eigenvalue weighted by Crippen LogP contribution is 2.30. The second kappa shape index (κ2) is 4.11. The molecule has 1 atom stereocenters. The van der Waals surface area contributed by atoms with Gasteiger partial charge in [-0.3, -0.25) is 4.79 Å². The number of hydrogen-bond donors (Lipinski definition) is 3. The Labute approximate surface area is 93.1 Å². The topological polar surface area (TPSA) is 86.8 Å². The third kappa shape index (κ3) is 1.87. The van der Waals surface area contributed by atoms with Crippen molar-refractivity contribution in [3.05, 3.63) is 23.8 Å². The summed E-state index contributed by atoms with van der Waals surface area (Å²) in [6.07, 6.45) is -0.606. The van der Waals surface area contributed by atoms with E-state index < -0.39 is 6.10 Å². The van der Waals surface area contributed by atoms with Crippen molar-refractivity contribution in [2.24, 2.45) is 0 Å². The van der Waals surface area contributed by atoms with Gasteiger partial charge >= 0.3 is 0 Å². The lowest BCUT2D eigenvalue weighted by atomic mass is 10.1. The van der Waals surface area contributed by atoms with Crippen LogP contribution in [0, 0.1) is 0 Å². The van der Waals surface area contributed by atoms with Gasteiger partial charge in [-0.15, -0.1) is 0 Å². The molecule has 5 heteroatoms. The van der Waals surface area contributed by atoms with Crippen molar-refractivity contribution < 1.29 is 15.0 Å². The number of nitrogen functional groups attached to an aromatic ring is 1. The highest BCUT2D eigenvalue weighted by atomic mass is 16.3. The molecule has 0 aliphatic carbocycles. The quantitative estimate of drug-likeness (QED) is 0.602. The van der Waals surface area contributed by atoms with E-state index in [0.29, 0.717) is 12.1 Å². The average molecular weight is 222 g/mol. The maximum atomic E-state index is 11.7. The smallest absolute Gasteiger partial charge is 0.231 e. The van der Waals surface area contributed by atoms with E-state index in [1.54, 1.807) is 18.2 Å². The van der Waals surface area contributed by atoms with E-state index in [1.807, 2.05) is 0 Å². The van der Waals surface area contributed by atoms with Crippen LogP contribution in [-0.2, 0) is 11.2 Å². The van der Waals surface area contributed by atoms with Crippen LogP contribution < -0.4 is 10.6 Å². The molecule has 0 saturated heterocycles. The van der Waals surface area contributed by atoms with Gasteiger partial charge < -0.3 is 20.8 Å². The summed E-state index contributed by atoms with van der Waals surface area (Å²) in [5, 5.41) is 18.1. The van der Waals surface area contributed by atoms with Crippen molar-refractivity contribution in [1.29, 1.82) is 0 Å². The van der Waals surface area contributed by atoms with Crippen LogP contribution >= 0.6 is 0 Å². The Balaban J connectivity index is 2.26. The minimum Gasteiger partial charge on any atom is -0.399 e. The molecule has 1 heterocycles. The minimum atomic E-state index is -0.910. The van der Waals surface area contributed by atoms with Gasteiger partial charge in [0.1, 0.15) is 0 Å². The molecule has 0 fully saturated rings. The number of benzene rings is 1. The number of fused-ring (bicyclic) bond motifs is 1. The minimum absolute atomic E-state index is 0.0758. The Morgan fingerprint density at radius 2 is 2.25 bits per heavy atom. The molecule has 1 aliphatic heterocycles. The van der Waals surface area contributed by atoms with Crippen molar-refractivity contribution >= 4 is 17.3 Å². The number of nitrogens with two attached hydrogens (primary N) is 1. The SMILES string of the molecule is Nc1ccc2c(c1)CC(=O)N2CC(O)CO. The van der Waals surface area contributed by atoms with Crippen LogP contribution in [0.15, 0.2) is 18.2 Å². The molecule has 0 aromatic heterocycles. The first-order valence-corrected chi connectivity index (χ1v) is 5.09. The Morgan fingerprint density at radius 3 is 2.94 bits per heavy atom. The summed E-state index contributed by atoms with van der Waals surface area (Å²) in [7, 11) is 0. The maximum absolute atomic E-state index is 11.7. The van der Waals surface area contributed by atoms with Gasteiger partial charge in [-0.25, -0.2) is 0 Å². The summed E-state index contributed by atoms with van der Waals surface area (Å²) >= 11 is 0. The number of aliphatic hydroxyl groups excluding tert-OH is 2. The van der Waals surface area contributed by atoms with E-state index in [2.05, 4.69) is 0 Å². The second-order valence-corrected chi connectivity index (χ2v) is 3.91. The summed E-state index contributed by atoms with van der Waals surface area (Å²) in [6.45, 7) is -0.236. The van der Waals surface area contributed by atoms with E-state index >= 15 is 0 Å². The highest BCUT2D eigenvalue weighted by molar-refractivity contribution is 6.01. The number of rotatable bonds is 3. The van der Waals surface area contributed by atoms with E-state index in [1.165, 1.54) is 4.90 Å². The Kier molecular flexibility index (Phi) is 2.80. The summed E-state index contributed by atoms with van der Waals surface area (Å²) in [6, 6.07) is 5.24. The molecule has 1 aromatic rings. The highest BCUT2D eigenvalue weighted by Gasteiger charge is 2.28. The van der Waals surface area contributed by atoms with Gasteiger partial charge in [0.25, 0.3) is 0 Å². The lowest BCUT2D eigenvalue weighted by Gasteiger charge is -2.20. The summed E-state index contributed by atoms with van der Waals surface area (Å²) in [5.41, 5.74) is 7.89. The van der Waals surface area contributed by atoms with E-state index in [0.717, 1.165) is 11.3 Å². The van der Waals surface area contributed by atoms with Crippen molar-refractivity contribution in [1.82, 2.24) is 0 Å². The van der Waals surface area contributed by atoms with Gasteiger partial charge in [0.15, 0.2) is 0 Å². The first-order chi connectivity index (χ1) is 7.61. The fourth-order valence-electron chi connectivity index (χ4n) is 1.87. The molecule has 5 nitrogen and oxygen atoms in total. The van der Waals surface area contributed by atoms with Gasteiger partial charge in [0.2, 0.25) is 5.91 Å². The number of anilines is 2. The van der Waals surface area contributed by atoms with E-state index in [4.69, 9.17) is 10.8 Å². The van der Waals surface area contributed by atoms with E-state index in [-0.39, 0.29) is 19.1 Å². The molecule has 1 aliphatic rings. The number of nitrogens with zero attached hydrogens (tertiary/aromatic N) is 1. The first-order valence-electron chi connectivity index (χ1n) is 5.09. The molecule has 1 aromatic carbocycles. The van der Waals surface area contributed by atoms with Crippen molar-refractivity contribution in [2.75, 3.05) is 23.8 Å². The molecular formula is C11H14N2O3. The first kappa shape index (κ1) is 10.9. The van der Waals surface area contributed by atoms with Gasteiger partial charge in [-0.2, -0.15) is 0 Å². The second-order valence-electron chi connectivity index (χ2n) is 3.91. The molecule has 1 unspecified atom stereocenters. The third-order valence-electron chi connectivity index (χ3n) is 2.64. The zero-order valence-electron chi connectivity index (χ0n) is 8.76. The Hall–Kier alpha value is -1.59. The fourth-order valence-corrected chi connectivity index (χ4v) is 1.87. The van der Waals surface area contributed by atoms with Gasteiger partial charge in [0, 0.05) is 11.4 Å². The number of β-amino-alcohol motifs (C(OH)–C–C–N with tert-alkyl or cyclic N) is 1. The number of hydrogen-bond acceptors (Lipinski definition) is 4. The largest absolute Gasteiger partial charge is 0.399 e. The summed E-state index contributed by atoms with van der Waals surface area (Å²) in [5.74, 6) is -0.0758. The Bertz CT molecular complexity index is 420. The normalized spacial score (nSPS) is 16.4. The van der Waals surface area contributed by atoms with Crippen LogP contribution in [0.25, 0.3) is 0 Å². The lowest BCUT2D eigenvalue weighted by molar-refractivity contribution is -0.117. The molecule has 0 radical (unpaired) electrons. The maximum Gasteiger partial charge on any atom is 0.231 e. The molecule has 0 bridgehead atoms. The van der Waals surface area contributed by atoms with Gasteiger partial charge in [-0.1, -0.05) is 0 Å². The fraction of sp³-hybridized carbons (Fsp3) is 0.364. The monoisotopic (exact) mass is 222 g/mol. The van der Waals surface area contributed by atoms with Crippen LogP contribution in [0.5, 0.6) is 0 Å². The lowest BCUT2D eigenvalue weighted by Crippen LogP contribution is -2.36. The molecule has 86 valence electrons. The Morgan fingerprint density at radius 1 is 1.50 bits per heavy atom. The van der Waals surface area contributed by atoms with Crippen LogP contribution in [0.1, 0.15) is 5.56 Å². The molecule has 4 N–H and O–H groups in total. The molecular weight excluding hydrogens is 208 g/mol. The zero-order valence-corrected chi connectivity index (χ0v) is 8.76. The third-order valence-corrected chi connectivity index (χ3v) is 2.64. The molecule has 0 spiro atoms. The number of amides is 1. The molecule has 0 saturated carbocycles. The number of aliphatic hydroxyl groups is 2. The number of carbonyl (C=O) groups is 1. The molecule has 1 amide bonds. The summed E-state index contributed by atoms with van der Waals surface area (Å²) in [4.78, 5) is 13.2. The number of carbonyl (C=O) groups excluding carboxylic acids is 1. The standard InChI is InChI=1S/C11H14N2O3/c12-8-1-2-10-7(3-8)4-11(16)13(10)5-9(15)6-14/h1-3,9,14-15H,4-6,12H2. The van der Waals surface area contributed by atoms with E-state index in [9.17, 15) is 9.90 Å². The van der Waals surface area contributed by atoms with Crippen molar-refractivity contribution in [3.8, 4) is 0 Å². The van der Waals surface area contributed by atoms with Crippen LogP contribution in [0.3, 0.4) is 0 Å². The molecule has 2 rings (SSSR count). The predicted octanol–water partition coefficient (Wildman–Crippen LogP) is -0.489. The van der Waals surface area contributed by atoms with Crippen LogP contribution in [0.2, 0.25) is 0 Å². The average Bonchev–Trinajstić information content (AvgIpc) is 2.54. The zero-order chi connectivity index (χ0) is 11.7. The van der Waals surface area contributed by atoms with Crippen LogP contribution in [-0.4, -0.2) is 35.4 Å². The summed E-state index contributed by atoms with van der Waals surface area (Å²) < 4.78 is 0. The predicted molar refractivity (Wildman–Crippen MR) is 60.0 cm³/mol. The van der Waals surface area contributed by atoms with Crippen LogP contribution in [0.4, 0.5) is 11.4 Å².